The van der Waals surface area contributed by atoms with E-state index in [-0.39, 0.29) is 19.1 Å². The average molecular weight is 367 g/mol. The van der Waals surface area contributed by atoms with E-state index in [1.165, 1.54) is 17.5 Å². The average Bonchev–Trinajstić information content (AvgIpc) is 3.26. The summed E-state index contributed by atoms with van der Waals surface area (Å²) in [6, 6.07) is 1.69. The van der Waals surface area contributed by atoms with Gasteiger partial charge in [0.2, 0.25) is 6.23 Å². The van der Waals surface area contributed by atoms with Gasteiger partial charge in [0.25, 0.3) is 11.8 Å². The highest BCUT2D eigenvalue weighted by molar-refractivity contribution is 7.11. The van der Waals surface area contributed by atoms with E-state index in [2.05, 4.69) is 20.5 Å². The van der Waals surface area contributed by atoms with Gasteiger partial charge in [-0.1, -0.05) is 0 Å². The monoisotopic (exact) mass is 367 g/mol. The molecule has 0 aromatic carbocycles. The largest absolute Gasteiger partial charge is 0.480 e. The molecule has 2 aliphatic rings. The Hall–Kier alpha value is -2.82. The molecule has 0 saturated heterocycles. The number of alkyl halides is 2. The molecule has 0 bridgehead atoms. The van der Waals surface area contributed by atoms with Gasteiger partial charge in [-0.2, -0.15) is 8.78 Å². The summed E-state index contributed by atoms with van der Waals surface area (Å²) in [6.07, 6.45) is 1.05. The van der Waals surface area contributed by atoms with E-state index >= 15 is 0 Å². The number of pyridine rings is 1. The minimum Gasteiger partial charge on any atom is -0.480 e. The van der Waals surface area contributed by atoms with Gasteiger partial charge in [0.05, 0.1) is 23.3 Å². The summed E-state index contributed by atoms with van der Waals surface area (Å²) in [5, 5.41) is 4.07. The number of ether oxygens (including phenoxy) is 2. The van der Waals surface area contributed by atoms with Crippen LogP contribution in [0.4, 0.5) is 14.5 Å². The quantitative estimate of drug-likeness (QED) is 0.884. The Morgan fingerprint density at radius 3 is 3.12 bits per heavy atom. The number of nitrogens with zero attached hydrogens (tertiary/aromatic N) is 4. The molecular weight excluding hydrogens is 356 g/mol. The first kappa shape index (κ1) is 15.7. The lowest BCUT2D eigenvalue weighted by Gasteiger charge is -2.28. The highest BCUT2D eigenvalue weighted by Gasteiger charge is 2.30. The fourth-order valence-electron chi connectivity index (χ4n) is 2.40. The summed E-state index contributed by atoms with van der Waals surface area (Å²) in [4.78, 5) is 22.5. The van der Waals surface area contributed by atoms with Crippen molar-refractivity contribution in [2.45, 2.75) is 19.2 Å². The second-order valence-electron chi connectivity index (χ2n) is 5.15. The van der Waals surface area contributed by atoms with Crippen molar-refractivity contribution < 1.29 is 23.0 Å². The van der Waals surface area contributed by atoms with Crippen molar-refractivity contribution >= 4 is 28.8 Å². The van der Waals surface area contributed by atoms with Crippen molar-refractivity contribution in [1.82, 2.24) is 15.4 Å². The first-order valence-corrected chi connectivity index (χ1v) is 8.03. The van der Waals surface area contributed by atoms with Crippen LogP contribution in [0.1, 0.15) is 16.1 Å². The van der Waals surface area contributed by atoms with Crippen LogP contribution >= 0.6 is 11.3 Å². The number of amides is 1. The number of carbonyl (C=O) groups excluding carboxylic acids is 1. The SMILES string of the molecule is O=C1COc2cnccc2N1Cc1ncc(C2NN=C(C(F)F)O2)s1. The fraction of sp³-hybridized carbons (Fsp3) is 0.286. The molecule has 4 rings (SSSR count). The number of fused-ring (bicyclic) bond motifs is 1. The molecule has 0 aliphatic carbocycles. The lowest BCUT2D eigenvalue weighted by atomic mass is 10.3. The Morgan fingerprint density at radius 2 is 2.32 bits per heavy atom. The molecule has 0 saturated carbocycles. The van der Waals surface area contributed by atoms with E-state index in [1.54, 1.807) is 23.4 Å². The van der Waals surface area contributed by atoms with Crippen LogP contribution in [0.2, 0.25) is 0 Å². The minimum atomic E-state index is -2.78. The molecule has 1 amide bonds. The van der Waals surface area contributed by atoms with E-state index < -0.39 is 18.6 Å². The third-order valence-electron chi connectivity index (χ3n) is 3.55. The van der Waals surface area contributed by atoms with Crippen LogP contribution in [0.5, 0.6) is 5.75 Å². The second kappa shape index (κ2) is 6.24. The number of hydrogen-bond acceptors (Lipinski definition) is 8. The Kier molecular flexibility index (Phi) is 3.92. The van der Waals surface area contributed by atoms with E-state index in [4.69, 9.17) is 9.47 Å². The molecule has 4 heterocycles. The van der Waals surface area contributed by atoms with Crippen molar-refractivity contribution in [1.29, 1.82) is 0 Å². The summed E-state index contributed by atoms with van der Waals surface area (Å²) in [6.45, 7) is 0.162. The molecule has 25 heavy (non-hydrogen) atoms. The number of thiazole rings is 1. The zero-order valence-corrected chi connectivity index (χ0v) is 13.4. The summed E-state index contributed by atoms with van der Waals surface area (Å²) in [5.41, 5.74) is 3.11. The zero-order chi connectivity index (χ0) is 17.4. The highest BCUT2D eigenvalue weighted by atomic mass is 32.1. The molecule has 11 heteroatoms. The predicted octanol–water partition coefficient (Wildman–Crippen LogP) is 1.66. The number of aromatic nitrogens is 2. The topological polar surface area (TPSA) is 88.9 Å². The lowest BCUT2D eigenvalue weighted by Crippen LogP contribution is -2.38. The summed E-state index contributed by atoms with van der Waals surface area (Å²) in [7, 11) is 0. The highest BCUT2D eigenvalue weighted by Crippen LogP contribution is 2.33. The van der Waals surface area contributed by atoms with Crippen LogP contribution in [0.3, 0.4) is 0 Å². The van der Waals surface area contributed by atoms with Gasteiger partial charge in [-0.05, 0) is 6.07 Å². The molecule has 1 N–H and O–H groups in total. The molecule has 0 radical (unpaired) electrons. The molecule has 2 aromatic rings. The molecule has 0 fully saturated rings. The molecule has 8 nitrogen and oxygen atoms in total. The van der Waals surface area contributed by atoms with Gasteiger partial charge in [0.1, 0.15) is 5.01 Å². The van der Waals surface area contributed by atoms with Gasteiger partial charge in [0, 0.05) is 12.4 Å². The molecule has 2 aliphatic heterocycles. The van der Waals surface area contributed by atoms with Crippen molar-refractivity contribution in [3.05, 3.63) is 34.5 Å². The van der Waals surface area contributed by atoms with Gasteiger partial charge in [-0.3, -0.25) is 20.1 Å². The third-order valence-corrected chi connectivity index (χ3v) is 4.57. The Labute approximate surface area is 144 Å². The number of hydrazone groups is 1. The van der Waals surface area contributed by atoms with E-state index in [0.717, 1.165) is 0 Å². The number of carbonyl (C=O) groups is 1. The van der Waals surface area contributed by atoms with Crippen molar-refractivity contribution in [3.8, 4) is 5.75 Å². The van der Waals surface area contributed by atoms with Crippen LogP contribution in [0.25, 0.3) is 0 Å². The van der Waals surface area contributed by atoms with Crippen LogP contribution in [-0.4, -0.2) is 34.8 Å². The van der Waals surface area contributed by atoms with Gasteiger partial charge >= 0.3 is 6.43 Å². The van der Waals surface area contributed by atoms with Gasteiger partial charge in [-0.25, -0.2) is 4.98 Å². The molecule has 130 valence electrons. The number of halogens is 2. The summed E-state index contributed by atoms with van der Waals surface area (Å²) < 4.78 is 35.5. The number of anilines is 1. The van der Waals surface area contributed by atoms with E-state index in [9.17, 15) is 13.6 Å². The van der Waals surface area contributed by atoms with Crippen LogP contribution in [-0.2, 0) is 16.1 Å². The van der Waals surface area contributed by atoms with Gasteiger partial charge in [-0.15, -0.1) is 16.4 Å². The first-order valence-electron chi connectivity index (χ1n) is 7.21. The molecule has 0 spiro atoms. The summed E-state index contributed by atoms with van der Waals surface area (Å²) in [5.74, 6) is -0.326. The molecule has 1 atom stereocenters. The van der Waals surface area contributed by atoms with Crippen LogP contribution in [0, 0.1) is 0 Å². The Bertz CT molecular complexity index is 843. The lowest BCUT2D eigenvalue weighted by molar-refractivity contribution is -0.121. The normalized spacial score (nSPS) is 19.2. The Balaban J connectivity index is 1.50. The zero-order valence-electron chi connectivity index (χ0n) is 12.6. The minimum absolute atomic E-state index is 0.0736. The van der Waals surface area contributed by atoms with Gasteiger partial charge in [0.15, 0.2) is 12.4 Å². The predicted molar refractivity (Wildman–Crippen MR) is 83.4 cm³/mol. The van der Waals surface area contributed by atoms with Crippen molar-refractivity contribution in [2.75, 3.05) is 11.5 Å². The maximum atomic E-state index is 12.6. The smallest absolute Gasteiger partial charge is 0.314 e. The molecule has 1 unspecified atom stereocenters. The summed E-state index contributed by atoms with van der Waals surface area (Å²) >= 11 is 1.25. The van der Waals surface area contributed by atoms with Gasteiger partial charge < -0.3 is 9.47 Å². The molecular formula is C14H11F2N5O3S. The maximum Gasteiger partial charge on any atom is 0.314 e. The third kappa shape index (κ3) is 2.97. The number of hydrogen-bond donors (Lipinski definition) is 1. The van der Waals surface area contributed by atoms with E-state index in [1.807, 2.05) is 0 Å². The van der Waals surface area contributed by atoms with Crippen LogP contribution < -0.4 is 15.1 Å². The number of rotatable bonds is 4. The van der Waals surface area contributed by atoms with Crippen LogP contribution in [0.15, 0.2) is 29.8 Å². The Morgan fingerprint density at radius 1 is 1.44 bits per heavy atom. The standard InChI is InChI=1S/C14H11F2N5O3S/c15-12(16)14-20-19-13(24-14)9-4-18-10(25-9)5-21-7-1-2-17-3-8(7)23-6-11(21)22/h1-4,12-13,19H,5-6H2. The maximum absolute atomic E-state index is 12.6. The van der Waals surface area contributed by atoms with Crippen molar-refractivity contribution in [2.24, 2.45) is 5.10 Å². The second-order valence-corrected chi connectivity index (χ2v) is 6.29. The van der Waals surface area contributed by atoms with E-state index in [0.29, 0.717) is 21.3 Å². The number of nitrogens with one attached hydrogen (secondary N) is 1. The first-order chi connectivity index (χ1) is 12.1. The molecule has 2 aromatic heterocycles. The van der Waals surface area contributed by atoms with Crippen molar-refractivity contribution in [3.63, 3.8) is 0 Å². The fourth-order valence-corrected chi connectivity index (χ4v) is 3.29.